The lowest BCUT2D eigenvalue weighted by atomic mass is 10.2. The summed E-state index contributed by atoms with van der Waals surface area (Å²) in [6.45, 7) is 5.48. The zero-order valence-electron chi connectivity index (χ0n) is 13.6. The fourth-order valence-corrected chi connectivity index (χ4v) is 3.02. The topological polar surface area (TPSA) is 29.3 Å². The van der Waals surface area contributed by atoms with Gasteiger partial charge in [-0.2, -0.15) is 0 Å². The molecular formula is C19H18Cl2N2O. The molecule has 0 aliphatic rings. The Balaban J connectivity index is 1.89. The Bertz CT molecular complexity index is 845. The molecule has 0 unspecified atom stereocenters. The van der Waals surface area contributed by atoms with Gasteiger partial charge in [0, 0.05) is 17.1 Å². The number of aryl methyl sites for hydroxylation is 1. The lowest BCUT2D eigenvalue weighted by Crippen LogP contribution is -2.22. The van der Waals surface area contributed by atoms with Crippen molar-refractivity contribution in [3.05, 3.63) is 70.0 Å². The minimum Gasteiger partial charge on any atom is -0.441 e. The summed E-state index contributed by atoms with van der Waals surface area (Å²) in [7, 11) is 0. The fraction of sp³-hybridized carbons (Fsp3) is 0.211. The third-order valence-corrected chi connectivity index (χ3v) is 4.43. The first kappa shape index (κ1) is 16.9. The van der Waals surface area contributed by atoms with Gasteiger partial charge in [0.15, 0.2) is 0 Å². The highest BCUT2D eigenvalue weighted by atomic mass is 35.5. The van der Waals surface area contributed by atoms with Gasteiger partial charge in [0.05, 0.1) is 17.3 Å². The van der Waals surface area contributed by atoms with Crippen LogP contribution in [-0.4, -0.2) is 11.5 Å². The third kappa shape index (κ3) is 3.58. The van der Waals surface area contributed by atoms with E-state index in [9.17, 15) is 0 Å². The van der Waals surface area contributed by atoms with E-state index < -0.39 is 0 Å². The van der Waals surface area contributed by atoms with Gasteiger partial charge in [-0.25, -0.2) is 4.98 Å². The summed E-state index contributed by atoms with van der Waals surface area (Å²) in [6.07, 6.45) is 0. The second kappa shape index (κ2) is 7.29. The van der Waals surface area contributed by atoms with E-state index in [1.165, 1.54) is 0 Å². The molecule has 3 nitrogen and oxygen atoms in total. The van der Waals surface area contributed by atoms with Crippen molar-refractivity contribution < 1.29 is 4.42 Å². The molecular weight excluding hydrogens is 343 g/mol. The molecule has 0 aliphatic carbocycles. The van der Waals surface area contributed by atoms with Crippen LogP contribution < -0.4 is 4.90 Å². The molecule has 0 N–H and O–H groups in total. The van der Waals surface area contributed by atoms with Crippen molar-refractivity contribution in [3.8, 4) is 11.5 Å². The Morgan fingerprint density at radius 1 is 1.08 bits per heavy atom. The number of hydrogen-bond donors (Lipinski definition) is 0. The Kier molecular flexibility index (Phi) is 5.12. The SMILES string of the molecule is CCN(Cc1nc(-c2cccc(Cl)c2)oc1C)c1ccccc1Cl. The standard InChI is InChI=1S/C19H18Cl2N2O/c1-3-23(18-10-5-4-9-16(18)21)12-17-13(2)24-19(22-17)14-7-6-8-15(20)11-14/h4-11H,3,12H2,1-2H3. The van der Waals surface area contributed by atoms with E-state index in [1.807, 2.05) is 55.5 Å². The summed E-state index contributed by atoms with van der Waals surface area (Å²) >= 11 is 12.4. The largest absolute Gasteiger partial charge is 0.441 e. The van der Waals surface area contributed by atoms with Gasteiger partial charge >= 0.3 is 0 Å². The Labute approximate surface area is 151 Å². The summed E-state index contributed by atoms with van der Waals surface area (Å²) in [6, 6.07) is 15.3. The summed E-state index contributed by atoms with van der Waals surface area (Å²) in [4.78, 5) is 6.83. The van der Waals surface area contributed by atoms with Gasteiger partial charge in [-0.05, 0) is 44.2 Å². The van der Waals surface area contributed by atoms with E-state index in [4.69, 9.17) is 27.6 Å². The van der Waals surface area contributed by atoms with Crippen molar-refractivity contribution in [1.82, 2.24) is 4.98 Å². The average molecular weight is 361 g/mol. The van der Waals surface area contributed by atoms with Crippen LogP contribution in [-0.2, 0) is 6.54 Å². The maximum Gasteiger partial charge on any atom is 0.226 e. The monoisotopic (exact) mass is 360 g/mol. The first-order valence-electron chi connectivity index (χ1n) is 7.80. The molecule has 0 bridgehead atoms. The summed E-state index contributed by atoms with van der Waals surface area (Å²) < 4.78 is 5.84. The van der Waals surface area contributed by atoms with Crippen LogP contribution in [0, 0.1) is 6.92 Å². The number of aromatic nitrogens is 1. The predicted octanol–water partition coefficient (Wildman–Crippen LogP) is 5.98. The maximum absolute atomic E-state index is 6.32. The van der Waals surface area contributed by atoms with Gasteiger partial charge in [0.1, 0.15) is 11.5 Å². The van der Waals surface area contributed by atoms with Gasteiger partial charge in [0.2, 0.25) is 5.89 Å². The highest BCUT2D eigenvalue weighted by molar-refractivity contribution is 6.33. The zero-order chi connectivity index (χ0) is 17.1. The van der Waals surface area contributed by atoms with E-state index in [1.54, 1.807) is 0 Å². The van der Waals surface area contributed by atoms with Crippen LogP contribution in [0.25, 0.3) is 11.5 Å². The number of benzene rings is 2. The van der Waals surface area contributed by atoms with Crippen LogP contribution in [0.2, 0.25) is 10.0 Å². The van der Waals surface area contributed by atoms with Crippen molar-refractivity contribution in [2.75, 3.05) is 11.4 Å². The molecule has 0 amide bonds. The van der Waals surface area contributed by atoms with Crippen LogP contribution in [0.15, 0.2) is 52.9 Å². The highest BCUT2D eigenvalue weighted by Crippen LogP contribution is 2.29. The van der Waals surface area contributed by atoms with Crippen molar-refractivity contribution in [3.63, 3.8) is 0 Å². The molecule has 1 heterocycles. The van der Waals surface area contributed by atoms with Crippen LogP contribution in [0.4, 0.5) is 5.69 Å². The number of anilines is 1. The molecule has 0 saturated heterocycles. The molecule has 2 aromatic carbocycles. The lowest BCUT2D eigenvalue weighted by molar-refractivity contribution is 0.539. The molecule has 3 rings (SSSR count). The predicted molar refractivity (Wildman–Crippen MR) is 99.9 cm³/mol. The molecule has 0 atom stereocenters. The van der Waals surface area contributed by atoms with E-state index in [0.29, 0.717) is 17.5 Å². The van der Waals surface area contributed by atoms with Crippen LogP contribution in [0.5, 0.6) is 0 Å². The minimum absolute atomic E-state index is 0.584. The average Bonchev–Trinajstić information content (AvgIpc) is 2.94. The van der Waals surface area contributed by atoms with Crippen LogP contribution in [0.1, 0.15) is 18.4 Å². The fourth-order valence-electron chi connectivity index (χ4n) is 2.58. The van der Waals surface area contributed by atoms with E-state index in [0.717, 1.165) is 34.3 Å². The number of halogens is 2. The van der Waals surface area contributed by atoms with Gasteiger partial charge in [-0.1, -0.05) is 41.4 Å². The van der Waals surface area contributed by atoms with Crippen molar-refractivity contribution >= 4 is 28.9 Å². The molecule has 5 heteroatoms. The normalized spacial score (nSPS) is 10.8. The second-order valence-electron chi connectivity index (χ2n) is 5.50. The van der Waals surface area contributed by atoms with Gasteiger partial charge in [-0.15, -0.1) is 0 Å². The summed E-state index contributed by atoms with van der Waals surface area (Å²) in [5.74, 6) is 1.38. The van der Waals surface area contributed by atoms with Gasteiger partial charge < -0.3 is 9.32 Å². The number of rotatable bonds is 5. The zero-order valence-corrected chi connectivity index (χ0v) is 15.1. The second-order valence-corrected chi connectivity index (χ2v) is 6.34. The molecule has 0 saturated carbocycles. The molecule has 3 aromatic rings. The van der Waals surface area contributed by atoms with Crippen molar-refractivity contribution in [2.24, 2.45) is 0 Å². The maximum atomic E-state index is 6.32. The Morgan fingerprint density at radius 2 is 1.88 bits per heavy atom. The quantitative estimate of drug-likeness (QED) is 0.560. The van der Waals surface area contributed by atoms with Gasteiger partial charge in [0.25, 0.3) is 0 Å². The molecule has 124 valence electrons. The Morgan fingerprint density at radius 3 is 2.58 bits per heavy atom. The first-order chi connectivity index (χ1) is 11.6. The van der Waals surface area contributed by atoms with Crippen molar-refractivity contribution in [2.45, 2.75) is 20.4 Å². The van der Waals surface area contributed by atoms with Crippen LogP contribution >= 0.6 is 23.2 Å². The lowest BCUT2D eigenvalue weighted by Gasteiger charge is -2.23. The number of para-hydroxylation sites is 1. The molecule has 1 aromatic heterocycles. The third-order valence-electron chi connectivity index (χ3n) is 3.88. The Hall–Kier alpha value is -1.97. The van der Waals surface area contributed by atoms with Gasteiger partial charge in [-0.3, -0.25) is 0 Å². The first-order valence-corrected chi connectivity index (χ1v) is 8.55. The smallest absolute Gasteiger partial charge is 0.226 e. The number of hydrogen-bond acceptors (Lipinski definition) is 3. The molecule has 0 radical (unpaired) electrons. The van der Waals surface area contributed by atoms with Crippen molar-refractivity contribution in [1.29, 1.82) is 0 Å². The summed E-state index contributed by atoms with van der Waals surface area (Å²) in [5, 5.41) is 1.40. The van der Waals surface area contributed by atoms with E-state index >= 15 is 0 Å². The summed E-state index contributed by atoms with van der Waals surface area (Å²) in [5.41, 5.74) is 2.76. The minimum atomic E-state index is 0.584. The molecule has 0 spiro atoms. The van der Waals surface area contributed by atoms with E-state index in [-0.39, 0.29) is 0 Å². The van der Waals surface area contributed by atoms with E-state index in [2.05, 4.69) is 16.8 Å². The number of oxazole rings is 1. The molecule has 0 aliphatic heterocycles. The highest BCUT2D eigenvalue weighted by Gasteiger charge is 2.16. The molecule has 24 heavy (non-hydrogen) atoms. The van der Waals surface area contributed by atoms with Crippen LogP contribution in [0.3, 0.4) is 0 Å². The molecule has 0 fully saturated rings. The number of nitrogens with zero attached hydrogens (tertiary/aromatic N) is 2.